The Morgan fingerprint density at radius 3 is 2.53 bits per heavy atom. The van der Waals surface area contributed by atoms with Crippen LogP contribution < -0.4 is 0 Å². The van der Waals surface area contributed by atoms with Crippen LogP contribution in [-0.2, 0) is 19.1 Å². The van der Waals surface area contributed by atoms with Crippen molar-refractivity contribution in [1.82, 2.24) is 4.90 Å². The monoisotopic (exact) mass is 471 g/mol. The fourth-order valence-corrected chi connectivity index (χ4v) is 9.71. The Labute approximate surface area is 201 Å². The lowest BCUT2D eigenvalue weighted by atomic mass is 9.23. The van der Waals surface area contributed by atoms with E-state index in [4.69, 9.17) is 9.47 Å². The molecule has 2 spiro atoms. The highest BCUT2D eigenvalue weighted by molar-refractivity contribution is 6.06. The van der Waals surface area contributed by atoms with Crippen LogP contribution in [-0.4, -0.2) is 65.1 Å². The molecule has 7 fully saturated rings. The molecule has 2 heterocycles. The number of carbonyl (C=O) groups excluding carboxylic acids is 2. The maximum absolute atomic E-state index is 14.4. The number of ketones is 2. The predicted molar refractivity (Wildman–Crippen MR) is 123 cm³/mol. The molecule has 0 radical (unpaired) electrons. The molecule has 2 bridgehead atoms. The number of rotatable bonds is 3. The molecule has 7 nitrogen and oxygen atoms in total. The van der Waals surface area contributed by atoms with Crippen LogP contribution in [0.2, 0.25) is 0 Å². The van der Waals surface area contributed by atoms with Gasteiger partial charge >= 0.3 is 0 Å². The Balaban J connectivity index is 1.62. The second-order valence-electron chi connectivity index (χ2n) is 13.1. The zero-order valence-corrected chi connectivity index (χ0v) is 21.1. The van der Waals surface area contributed by atoms with E-state index in [1.807, 2.05) is 25.2 Å². The molecule has 0 aromatic carbocycles. The molecule has 9 atom stereocenters. The van der Waals surface area contributed by atoms with E-state index < -0.39 is 39.8 Å². The average molecular weight is 472 g/mol. The van der Waals surface area contributed by atoms with Gasteiger partial charge in [-0.05, 0) is 56.3 Å². The summed E-state index contributed by atoms with van der Waals surface area (Å²) in [4.78, 5) is 30.3. The van der Waals surface area contributed by atoms with Crippen molar-refractivity contribution in [3.8, 4) is 0 Å². The normalized spacial score (nSPS) is 51.3. The van der Waals surface area contributed by atoms with Crippen LogP contribution in [0.25, 0.3) is 0 Å². The molecule has 2 saturated heterocycles. The Hall–Kier alpha value is -1.54. The first-order valence-corrected chi connectivity index (χ1v) is 12.6. The molecule has 7 rings (SSSR count). The number of carbonyl (C=O) groups is 2. The molecule has 2 aliphatic heterocycles. The number of nitrogens with zero attached hydrogens (tertiary/aromatic N) is 1. The lowest BCUT2D eigenvalue weighted by molar-refractivity contribution is -0.493. The molecule has 7 aliphatic rings. The second kappa shape index (κ2) is 6.23. The summed E-state index contributed by atoms with van der Waals surface area (Å²) in [5.41, 5.74) is -0.913. The van der Waals surface area contributed by atoms with Gasteiger partial charge in [0.15, 0.2) is 17.4 Å². The molecule has 186 valence electrons. The first-order valence-electron chi connectivity index (χ1n) is 12.6. The van der Waals surface area contributed by atoms with E-state index in [2.05, 4.69) is 20.4 Å². The molecule has 5 aliphatic carbocycles. The lowest BCUT2D eigenvalue weighted by Crippen LogP contribution is -2.92. The van der Waals surface area contributed by atoms with Crippen LogP contribution >= 0.6 is 0 Å². The molecule has 0 aromatic heterocycles. The van der Waals surface area contributed by atoms with Gasteiger partial charge in [-0.3, -0.25) is 9.59 Å². The molecular formula is C27H37NO6. The molecule has 0 amide bonds. The summed E-state index contributed by atoms with van der Waals surface area (Å²) in [6, 6.07) is 0. The van der Waals surface area contributed by atoms with Crippen molar-refractivity contribution in [3.63, 3.8) is 0 Å². The van der Waals surface area contributed by atoms with Crippen molar-refractivity contribution >= 4 is 11.6 Å². The van der Waals surface area contributed by atoms with Crippen LogP contribution in [0.4, 0.5) is 0 Å². The van der Waals surface area contributed by atoms with Gasteiger partial charge < -0.3 is 24.6 Å². The van der Waals surface area contributed by atoms with Gasteiger partial charge in [0.05, 0.1) is 17.4 Å². The van der Waals surface area contributed by atoms with E-state index in [9.17, 15) is 19.8 Å². The van der Waals surface area contributed by atoms with Crippen LogP contribution in [0.15, 0.2) is 23.9 Å². The molecule has 2 unspecified atom stereocenters. The first kappa shape index (κ1) is 22.9. The van der Waals surface area contributed by atoms with Gasteiger partial charge in [-0.15, -0.1) is 0 Å². The molecular weight excluding hydrogens is 434 g/mol. The molecule has 7 heteroatoms. The third kappa shape index (κ3) is 2.17. The molecule has 5 saturated carbocycles. The smallest absolute Gasteiger partial charge is 0.211 e. The number of aliphatic hydroxyl groups is 2. The van der Waals surface area contributed by atoms with Gasteiger partial charge in [0.25, 0.3) is 0 Å². The predicted octanol–water partition coefficient (Wildman–Crippen LogP) is 2.28. The molecule has 2 N–H and O–H groups in total. The van der Waals surface area contributed by atoms with E-state index >= 15 is 0 Å². The minimum atomic E-state index is -1.68. The van der Waals surface area contributed by atoms with Crippen molar-refractivity contribution in [1.29, 1.82) is 0 Å². The fraction of sp³-hybridized carbons (Fsp3) is 0.778. The summed E-state index contributed by atoms with van der Waals surface area (Å²) in [6.45, 7) is 11.5. The van der Waals surface area contributed by atoms with Crippen molar-refractivity contribution < 1.29 is 29.3 Å². The van der Waals surface area contributed by atoms with E-state index in [0.29, 0.717) is 12.8 Å². The summed E-state index contributed by atoms with van der Waals surface area (Å²) >= 11 is 0. The van der Waals surface area contributed by atoms with Gasteiger partial charge in [-0.2, -0.15) is 0 Å². The van der Waals surface area contributed by atoms with Crippen LogP contribution in [0.5, 0.6) is 0 Å². The van der Waals surface area contributed by atoms with Gasteiger partial charge in [0.2, 0.25) is 5.79 Å². The van der Waals surface area contributed by atoms with E-state index in [0.717, 1.165) is 17.6 Å². The largest absolute Gasteiger partial charge is 0.387 e. The van der Waals surface area contributed by atoms with Gasteiger partial charge in [0.1, 0.15) is 6.10 Å². The maximum atomic E-state index is 14.4. The highest BCUT2D eigenvalue weighted by Crippen LogP contribution is 2.84. The van der Waals surface area contributed by atoms with Gasteiger partial charge in [-0.25, -0.2) is 0 Å². The minimum Gasteiger partial charge on any atom is -0.387 e. The number of ether oxygens (including phenoxy) is 2. The third-order valence-corrected chi connectivity index (χ3v) is 10.2. The molecule has 0 aromatic rings. The van der Waals surface area contributed by atoms with E-state index in [1.54, 1.807) is 0 Å². The number of fused-ring (bicyclic) bond motifs is 1. The summed E-state index contributed by atoms with van der Waals surface area (Å²) in [5, 5.41) is 23.0. The zero-order chi connectivity index (χ0) is 24.8. The van der Waals surface area contributed by atoms with Crippen LogP contribution in [0.3, 0.4) is 0 Å². The second-order valence-corrected chi connectivity index (χ2v) is 13.1. The zero-order valence-electron chi connectivity index (χ0n) is 21.1. The van der Waals surface area contributed by atoms with Crippen molar-refractivity contribution in [3.05, 3.63) is 23.9 Å². The van der Waals surface area contributed by atoms with Gasteiger partial charge in [-0.1, -0.05) is 26.0 Å². The van der Waals surface area contributed by atoms with Crippen molar-refractivity contribution in [2.75, 3.05) is 20.7 Å². The Bertz CT molecular complexity index is 1050. The highest BCUT2D eigenvalue weighted by atomic mass is 16.8. The minimum absolute atomic E-state index is 0.00152. The lowest BCUT2D eigenvalue weighted by Gasteiger charge is -2.83. The quantitative estimate of drug-likeness (QED) is 0.370. The maximum Gasteiger partial charge on any atom is 0.211 e. The number of hydrogen-bond donors (Lipinski definition) is 2. The average Bonchev–Trinajstić information content (AvgIpc) is 2.69. The third-order valence-electron chi connectivity index (χ3n) is 10.2. The number of allylic oxidation sites excluding steroid dienone is 2. The summed E-state index contributed by atoms with van der Waals surface area (Å²) < 4.78 is 12.8. The topological polar surface area (TPSA) is 96.3 Å². The highest BCUT2D eigenvalue weighted by Gasteiger charge is 2.92. The van der Waals surface area contributed by atoms with Gasteiger partial charge in [0, 0.05) is 37.7 Å². The van der Waals surface area contributed by atoms with Crippen molar-refractivity contribution in [2.45, 2.75) is 64.6 Å². The van der Waals surface area contributed by atoms with Crippen molar-refractivity contribution in [2.24, 2.45) is 45.8 Å². The SMILES string of the molecule is C=C1C2C(=O)C34[C@H]2[C@H]1CC[C@H]3[C@@]12CO[C@@]4(OC(C)(C)O)[C@@H](O)[C@@H]1C(C)(C)C/C(=C/N(C)C)C2=O. The Kier molecular flexibility index (Phi) is 4.19. The van der Waals surface area contributed by atoms with Crippen LogP contribution in [0, 0.1) is 45.8 Å². The Morgan fingerprint density at radius 2 is 1.91 bits per heavy atom. The standard InChI is InChI=1S/C27H37NO6/c1-13-15-8-9-16-25-12-33-27(34-24(4,5)32,26(16)18(15)17(13)21(26)30)22(31)19(25)23(2,3)10-14(20(25)29)11-28(6)7/h11,15-19,22,31-32H,1,8-10,12H2,2-7H3/b14-11-/t15-,16-,17?,18-,19+,22-,25-,26?,27+/m0/s1. The van der Waals surface area contributed by atoms with Crippen LogP contribution in [0.1, 0.15) is 47.0 Å². The fourth-order valence-electron chi connectivity index (χ4n) is 9.71. The summed E-state index contributed by atoms with van der Waals surface area (Å²) in [5.74, 6) is -4.27. The van der Waals surface area contributed by atoms with E-state index in [-0.39, 0.29) is 41.8 Å². The Morgan fingerprint density at radius 1 is 1.24 bits per heavy atom. The first-order chi connectivity index (χ1) is 15.7. The number of aliphatic hydroxyl groups excluding tert-OH is 1. The number of hydrogen-bond acceptors (Lipinski definition) is 7. The summed E-state index contributed by atoms with van der Waals surface area (Å²) in [6.07, 6.45) is 2.75. The summed E-state index contributed by atoms with van der Waals surface area (Å²) in [7, 11) is 3.80. The van der Waals surface area contributed by atoms with E-state index in [1.165, 1.54) is 13.8 Å². The molecule has 34 heavy (non-hydrogen) atoms. The number of Topliss-reactive ketones (excluding diaryl/α,β-unsaturated/α-hetero) is 2.